The molecule has 0 bridgehead atoms. The molecular weight excluding hydrogens is 343 g/mol. The molecule has 1 aromatic heterocycles. The Hall–Kier alpha value is -2.21. The second kappa shape index (κ2) is 8.21. The monoisotopic (exact) mass is 372 g/mol. The van der Waals surface area contributed by atoms with Crippen LogP contribution in [0, 0.1) is 18.7 Å². The van der Waals surface area contributed by atoms with E-state index in [4.69, 9.17) is 0 Å². The van der Waals surface area contributed by atoms with Crippen molar-refractivity contribution in [3.05, 3.63) is 53.4 Å². The summed E-state index contributed by atoms with van der Waals surface area (Å²) in [6.07, 6.45) is 2.42. The predicted molar refractivity (Wildman–Crippen MR) is 103 cm³/mol. The van der Waals surface area contributed by atoms with E-state index in [1.54, 1.807) is 12.1 Å². The van der Waals surface area contributed by atoms with E-state index < -0.39 is 0 Å². The number of halogens is 1. The molecule has 0 unspecified atom stereocenters. The van der Waals surface area contributed by atoms with Gasteiger partial charge in [-0.3, -0.25) is 9.69 Å². The lowest BCUT2D eigenvalue weighted by molar-refractivity contribution is -0.134. The second-order valence-corrected chi connectivity index (χ2v) is 7.80. The van der Waals surface area contributed by atoms with Gasteiger partial charge < -0.3 is 9.47 Å². The van der Waals surface area contributed by atoms with Crippen molar-refractivity contribution in [1.82, 2.24) is 19.4 Å². The summed E-state index contributed by atoms with van der Waals surface area (Å²) in [5.74, 6) is 1.25. The largest absolute Gasteiger partial charge is 0.334 e. The summed E-state index contributed by atoms with van der Waals surface area (Å²) in [4.78, 5) is 21.6. The minimum atomic E-state index is -0.251. The Labute approximate surface area is 160 Å². The summed E-state index contributed by atoms with van der Waals surface area (Å²) in [6.45, 7) is 9.21. The van der Waals surface area contributed by atoms with Crippen LogP contribution in [0.15, 0.2) is 30.5 Å². The van der Waals surface area contributed by atoms with Crippen molar-refractivity contribution in [2.45, 2.75) is 46.3 Å². The molecule has 1 saturated heterocycles. The molecule has 0 spiro atoms. The maximum Gasteiger partial charge on any atom is 0.224 e. The van der Waals surface area contributed by atoms with Crippen molar-refractivity contribution in [3.63, 3.8) is 0 Å². The Bertz CT molecular complexity index is 784. The lowest BCUT2D eigenvalue weighted by Crippen LogP contribution is -2.45. The molecule has 6 heteroatoms. The number of amides is 1. The zero-order chi connectivity index (χ0) is 19.6. The van der Waals surface area contributed by atoms with Crippen molar-refractivity contribution in [3.8, 4) is 0 Å². The van der Waals surface area contributed by atoms with E-state index in [1.807, 2.05) is 25.1 Å². The van der Waals surface area contributed by atoms with Gasteiger partial charge in [-0.1, -0.05) is 26.0 Å². The molecule has 2 heterocycles. The molecule has 0 aliphatic carbocycles. The van der Waals surface area contributed by atoms with Crippen LogP contribution in [0.25, 0.3) is 0 Å². The highest BCUT2D eigenvalue weighted by Crippen LogP contribution is 2.22. The van der Waals surface area contributed by atoms with Gasteiger partial charge in [-0.25, -0.2) is 9.37 Å². The van der Waals surface area contributed by atoms with Crippen molar-refractivity contribution >= 4 is 5.91 Å². The molecule has 3 rings (SSSR count). The van der Waals surface area contributed by atoms with Crippen LogP contribution in [0.1, 0.15) is 37.4 Å². The van der Waals surface area contributed by atoms with Gasteiger partial charge in [-0.15, -0.1) is 0 Å². The highest BCUT2D eigenvalue weighted by molar-refractivity contribution is 5.77. The fourth-order valence-corrected chi connectivity index (χ4v) is 3.67. The van der Waals surface area contributed by atoms with Crippen molar-refractivity contribution in [2.24, 2.45) is 13.0 Å². The normalized spacial score (nSPS) is 19.0. The minimum absolute atomic E-state index is 0.124. The van der Waals surface area contributed by atoms with Crippen LogP contribution in [0.3, 0.4) is 0 Å². The summed E-state index contributed by atoms with van der Waals surface area (Å²) in [7, 11) is 2.03. The Kier molecular flexibility index (Phi) is 5.95. The van der Waals surface area contributed by atoms with E-state index in [2.05, 4.69) is 28.3 Å². The lowest BCUT2D eigenvalue weighted by Gasteiger charge is -2.35. The Morgan fingerprint density at radius 1 is 1.22 bits per heavy atom. The first-order valence-corrected chi connectivity index (χ1v) is 9.58. The molecule has 146 valence electrons. The van der Waals surface area contributed by atoms with Gasteiger partial charge in [0.2, 0.25) is 5.91 Å². The molecule has 0 N–H and O–H groups in total. The van der Waals surface area contributed by atoms with E-state index in [0.717, 1.165) is 36.7 Å². The quantitative estimate of drug-likeness (QED) is 0.810. The maximum absolute atomic E-state index is 13.2. The first-order valence-electron chi connectivity index (χ1n) is 9.58. The SMILES string of the molecule is Cc1ncc(CN2CCC(=O)N(Cc3ccc(F)cc3)[C@H](C(C)C)C2)n1C. The standard InChI is InChI=1S/C21H29FN4O/c1-15(2)20-14-25(13-19-11-23-16(3)24(19)4)10-9-21(27)26(20)12-17-5-7-18(22)8-6-17/h5-8,11,15,20H,9-10,12-14H2,1-4H3/t20-/m0/s1. The minimum Gasteiger partial charge on any atom is -0.334 e. The average molecular weight is 372 g/mol. The van der Waals surface area contributed by atoms with Gasteiger partial charge in [0, 0.05) is 51.9 Å². The number of aryl methyl sites for hydroxylation is 1. The summed E-state index contributed by atoms with van der Waals surface area (Å²) < 4.78 is 15.3. The van der Waals surface area contributed by atoms with Crippen LogP contribution in [0.4, 0.5) is 4.39 Å². The molecule has 0 radical (unpaired) electrons. The number of aromatic nitrogens is 2. The zero-order valence-corrected chi connectivity index (χ0v) is 16.7. The molecular formula is C21H29FN4O. The third-order valence-electron chi connectivity index (χ3n) is 5.55. The van der Waals surface area contributed by atoms with Gasteiger partial charge >= 0.3 is 0 Å². The molecule has 2 aromatic rings. The molecule has 1 atom stereocenters. The van der Waals surface area contributed by atoms with Gasteiger partial charge in [0.25, 0.3) is 0 Å². The average Bonchev–Trinajstić information content (AvgIpc) is 2.85. The van der Waals surface area contributed by atoms with Crippen molar-refractivity contribution < 1.29 is 9.18 Å². The molecule has 1 aliphatic heterocycles. The Balaban J connectivity index is 1.77. The highest BCUT2D eigenvalue weighted by atomic mass is 19.1. The van der Waals surface area contributed by atoms with Gasteiger partial charge in [-0.2, -0.15) is 0 Å². The summed E-state index contributed by atoms with van der Waals surface area (Å²) >= 11 is 0. The van der Waals surface area contributed by atoms with E-state index in [-0.39, 0.29) is 17.8 Å². The van der Waals surface area contributed by atoms with Crippen LogP contribution in [0.5, 0.6) is 0 Å². The van der Waals surface area contributed by atoms with Crippen molar-refractivity contribution in [2.75, 3.05) is 13.1 Å². The summed E-state index contributed by atoms with van der Waals surface area (Å²) in [5, 5.41) is 0. The first-order chi connectivity index (χ1) is 12.8. The molecule has 1 amide bonds. The topological polar surface area (TPSA) is 41.4 Å². The van der Waals surface area contributed by atoms with Crippen LogP contribution in [-0.4, -0.2) is 44.4 Å². The predicted octanol–water partition coefficient (Wildman–Crippen LogP) is 3.13. The Morgan fingerprint density at radius 2 is 1.93 bits per heavy atom. The Morgan fingerprint density at radius 3 is 2.52 bits per heavy atom. The number of imidazole rings is 1. The fourth-order valence-electron chi connectivity index (χ4n) is 3.67. The maximum atomic E-state index is 13.2. The fraction of sp³-hybridized carbons (Fsp3) is 0.524. The number of hydrogen-bond donors (Lipinski definition) is 0. The van der Waals surface area contributed by atoms with Crippen LogP contribution in [0.2, 0.25) is 0 Å². The number of carbonyl (C=O) groups excluding carboxylic acids is 1. The van der Waals surface area contributed by atoms with Gasteiger partial charge in [0.1, 0.15) is 11.6 Å². The molecule has 5 nitrogen and oxygen atoms in total. The van der Waals surface area contributed by atoms with E-state index in [1.165, 1.54) is 12.1 Å². The first kappa shape index (κ1) is 19.5. The number of rotatable bonds is 5. The number of hydrogen-bond acceptors (Lipinski definition) is 3. The number of carbonyl (C=O) groups is 1. The third kappa shape index (κ3) is 4.56. The number of nitrogens with zero attached hydrogens (tertiary/aromatic N) is 4. The number of benzene rings is 1. The smallest absolute Gasteiger partial charge is 0.224 e. The molecule has 0 saturated carbocycles. The summed E-state index contributed by atoms with van der Waals surface area (Å²) in [5.41, 5.74) is 2.13. The second-order valence-electron chi connectivity index (χ2n) is 7.80. The molecule has 27 heavy (non-hydrogen) atoms. The van der Waals surface area contributed by atoms with Crippen LogP contribution >= 0.6 is 0 Å². The van der Waals surface area contributed by atoms with Crippen LogP contribution in [-0.2, 0) is 24.9 Å². The molecule has 1 aliphatic rings. The molecule has 1 fully saturated rings. The third-order valence-corrected chi connectivity index (χ3v) is 5.55. The highest BCUT2D eigenvalue weighted by Gasteiger charge is 2.32. The van der Waals surface area contributed by atoms with Crippen LogP contribution < -0.4 is 0 Å². The summed E-state index contributed by atoms with van der Waals surface area (Å²) in [6, 6.07) is 6.57. The van der Waals surface area contributed by atoms with E-state index in [9.17, 15) is 9.18 Å². The van der Waals surface area contributed by atoms with Gasteiger partial charge in [0.15, 0.2) is 0 Å². The lowest BCUT2D eigenvalue weighted by atomic mass is 10.0. The van der Waals surface area contributed by atoms with Gasteiger partial charge in [0.05, 0.1) is 5.69 Å². The van der Waals surface area contributed by atoms with E-state index in [0.29, 0.717) is 18.9 Å². The zero-order valence-electron chi connectivity index (χ0n) is 16.7. The van der Waals surface area contributed by atoms with Gasteiger partial charge in [-0.05, 0) is 30.5 Å². The van der Waals surface area contributed by atoms with E-state index >= 15 is 0 Å². The molecule has 1 aromatic carbocycles. The van der Waals surface area contributed by atoms with Crippen molar-refractivity contribution in [1.29, 1.82) is 0 Å².